The molecule has 0 spiro atoms. The largest absolute Gasteiger partial charge is 0.355 e. The Balaban J connectivity index is 1.94. The van der Waals surface area contributed by atoms with Crippen molar-refractivity contribution < 1.29 is 8.42 Å². The monoisotopic (exact) mass is 245 g/mol. The van der Waals surface area contributed by atoms with Crippen LogP contribution in [0.25, 0.3) is 0 Å². The molecular formula is C10H19N3O2S. The van der Waals surface area contributed by atoms with E-state index in [1.807, 2.05) is 6.92 Å². The third-order valence-electron chi connectivity index (χ3n) is 3.54. The second kappa shape index (κ2) is 3.91. The van der Waals surface area contributed by atoms with Crippen LogP contribution in [0.15, 0.2) is 4.99 Å². The zero-order valence-corrected chi connectivity index (χ0v) is 10.6. The van der Waals surface area contributed by atoms with E-state index in [0.29, 0.717) is 12.6 Å². The average molecular weight is 245 g/mol. The lowest BCUT2D eigenvalue weighted by Crippen LogP contribution is -2.54. The molecule has 1 atom stereocenters. The van der Waals surface area contributed by atoms with Crippen LogP contribution in [0.1, 0.15) is 26.2 Å². The van der Waals surface area contributed by atoms with Gasteiger partial charge in [0, 0.05) is 18.8 Å². The van der Waals surface area contributed by atoms with Crippen LogP contribution in [0.3, 0.4) is 0 Å². The van der Waals surface area contributed by atoms with Gasteiger partial charge in [-0.05, 0) is 19.8 Å². The van der Waals surface area contributed by atoms with Crippen molar-refractivity contribution in [1.29, 1.82) is 0 Å². The Morgan fingerprint density at radius 3 is 2.62 bits per heavy atom. The molecule has 1 unspecified atom stereocenters. The maximum atomic E-state index is 11.7. The Labute approximate surface area is 96.6 Å². The van der Waals surface area contributed by atoms with Crippen molar-refractivity contribution in [2.24, 2.45) is 4.99 Å². The van der Waals surface area contributed by atoms with Gasteiger partial charge in [0.05, 0.1) is 11.3 Å². The summed E-state index contributed by atoms with van der Waals surface area (Å²) in [4.78, 5) is 4.26. The summed E-state index contributed by atoms with van der Waals surface area (Å²) in [6.45, 7) is 3.28. The summed E-state index contributed by atoms with van der Waals surface area (Å²) in [6.07, 6.45) is 3.87. The van der Waals surface area contributed by atoms with E-state index in [-0.39, 0.29) is 0 Å². The van der Waals surface area contributed by atoms with Gasteiger partial charge in [-0.15, -0.1) is 0 Å². The van der Waals surface area contributed by atoms with Crippen molar-refractivity contribution in [3.05, 3.63) is 0 Å². The predicted molar refractivity (Wildman–Crippen MR) is 64.3 cm³/mol. The lowest BCUT2D eigenvalue weighted by atomic mass is 9.84. The van der Waals surface area contributed by atoms with Crippen LogP contribution in [0.5, 0.6) is 0 Å². The van der Waals surface area contributed by atoms with Gasteiger partial charge in [-0.1, -0.05) is 6.42 Å². The Morgan fingerprint density at radius 2 is 2.25 bits per heavy atom. The van der Waals surface area contributed by atoms with Gasteiger partial charge >= 0.3 is 0 Å². The number of hydrogen-bond acceptors (Lipinski definition) is 5. The average Bonchev–Trinajstić information content (AvgIpc) is 2.46. The second-order valence-corrected chi connectivity index (χ2v) is 7.31. The van der Waals surface area contributed by atoms with E-state index in [4.69, 9.17) is 0 Å². The van der Waals surface area contributed by atoms with Gasteiger partial charge in [-0.3, -0.25) is 4.99 Å². The van der Waals surface area contributed by atoms with Gasteiger partial charge in [0.2, 0.25) is 0 Å². The van der Waals surface area contributed by atoms with Gasteiger partial charge < -0.3 is 10.6 Å². The third-order valence-corrected chi connectivity index (χ3v) is 5.66. The van der Waals surface area contributed by atoms with Crippen LogP contribution in [0.4, 0.5) is 0 Å². The molecule has 1 saturated carbocycles. The summed E-state index contributed by atoms with van der Waals surface area (Å²) >= 11 is 0. The van der Waals surface area contributed by atoms with Crippen LogP contribution in [0.2, 0.25) is 0 Å². The first kappa shape index (κ1) is 11.7. The van der Waals surface area contributed by atoms with E-state index < -0.39 is 14.6 Å². The molecular weight excluding hydrogens is 226 g/mol. The van der Waals surface area contributed by atoms with Crippen molar-refractivity contribution in [2.75, 3.05) is 19.3 Å². The highest BCUT2D eigenvalue weighted by Crippen LogP contribution is 2.38. The molecule has 1 aliphatic heterocycles. The number of hydrogen-bond donors (Lipinski definition) is 2. The Hall–Kier alpha value is -0.780. The molecule has 1 fully saturated rings. The fourth-order valence-corrected chi connectivity index (χ4v) is 3.52. The van der Waals surface area contributed by atoms with E-state index in [1.165, 1.54) is 6.26 Å². The molecule has 5 nitrogen and oxygen atoms in total. The molecule has 0 aromatic carbocycles. The van der Waals surface area contributed by atoms with Crippen molar-refractivity contribution >= 4 is 15.8 Å². The van der Waals surface area contributed by atoms with Crippen LogP contribution < -0.4 is 10.6 Å². The molecule has 1 heterocycles. The summed E-state index contributed by atoms with van der Waals surface area (Å²) in [7, 11) is -2.98. The Kier molecular flexibility index (Phi) is 2.86. The molecule has 6 heteroatoms. The lowest BCUT2D eigenvalue weighted by molar-refractivity contribution is 0.336. The molecule has 0 bridgehead atoms. The molecule has 2 aliphatic rings. The first-order valence-electron chi connectivity index (χ1n) is 5.67. The lowest BCUT2D eigenvalue weighted by Gasteiger charge is -2.40. The second-order valence-electron chi connectivity index (χ2n) is 4.90. The minimum Gasteiger partial charge on any atom is -0.355 e. The maximum absolute atomic E-state index is 11.7. The van der Waals surface area contributed by atoms with Crippen molar-refractivity contribution in [3.8, 4) is 0 Å². The highest BCUT2D eigenvalue weighted by Gasteiger charge is 2.46. The summed E-state index contributed by atoms with van der Waals surface area (Å²) < 4.78 is 22.9. The van der Waals surface area contributed by atoms with E-state index in [2.05, 4.69) is 15.6 Å². The summed E-state index contributed by atoms with van der Waals surface area (Å²) in [6, 6.07) is 0.345. The molecule has 0 aromatic heterocycles. The minimum absolute atomic E-state index is 0.345. The standard InChI is InChI=1S/C10H19N3O2S/c1-8-6-11-9(13-8)12-7-10(4-3-5-10)16(2,14)15/h8H,3-7H2,1-2H3,(H2,11,12,13). The molecule has 0 radical (unpaired) electrons. The van der Waals surface area contributed by atoms with Gasteiger partial charge in [0.1, 0.15) is 0 Å². The zero-order valence-electron chi connectivity index (χ0n) is 9.78. The fraction of sp³-hybridized carbons (Fsp3) is 0.900. The number of nitrogens with one attached hydrogen (secondary N) is 2. The van der Waals surface area contributed by atoms with Gasteiger partial charge in [-0.25, -0.2) is 8.42 Å². The number of rotatable bonds is 3. The van der Waals surface area contributed by atoms with E-state index in [9.17, 15) is 8.42 Å². The number of nitrogens with zero attached hydrogens (tertiary/aromatic N) is 1. The number of sulfone groups is 1. The Morgan fingerprint density at radius 1 is 1.56 bits per heavy atom. The van der Waals surface area contributed by atoms with Crippen LogP contribution in [-0.2, 0) is 9.84 Å². The first-order valence-corrected chi connectivity index (χ1v) is 7.57. The summed E-state index contributed by atoms with van der Waals surface area (Å²) in [5, 5.41) is 6.29. The van der Waals surface area contributed by atoms with Crippen LogP contribution >= 0.6 is 0 Å². The smallest absolute Gasteiger partial charge is 0.191 e. The summed E-state index contributed by atoms with van der Waals surface area (Å²) in [5.74, 6) is 0.738. The normalized spacial score (nSPS) is 27.9. The van der Waals surface area contributed by atoms with Crippen LogP contribution in [0, 0.1) is 0 Å². The molecule has 16 heavy (non-hydrogen) atoms. The van der Waals surface area contributed by atoms with Gasteiger partial charge in [0.25, 0.3) is 0 Å². The zero-order chi connectivity index (χ0) is 11.8. The van der Waals surface area contributed by atoms with Gasteiger partial charge in [0.15, 0.2) is 15.8 Å². The maximum Gasteiger partial charge on any atom is 0.191 e. The molecule has 2 N–H and O–H groups in total. The molecule has 0 aromatic rings. The molecule has 2 rings (SSSR count). The van der Waals surface area contributed by atoms with E-state index in [0.717, 1.165) is 31.8 Å². The molecule has 0 amide bonds. The highest BCUT2D eigenvalue weighted by atomic mass is 32.2. The molecule has 92 valence electrons. The highest BCUT2D eigenvalue weighted by molar-refractivity contribution is 7.92. The predicted octanol–water partition coefficient (Wildman–Crippen LogP) is -0.109. The minimum atomic E-state index is -2.98. The van der Waals surface area contributed by atoms with E-state index >= 15 is 0 Å². The SMILES string of the molecule is CC1CN=C(NCC2(S(C)(=O)=O)CCC2)N1. The Bertz CT molecular complexity index is 398. The third kappa shape index (κ3) is 2.03. The first-order chi connectivity index (χ1) is 7.43. The van der Waals surface area contributed by atoms with Crippen LogP contribution in [-0.4, -0.2) is 44.5 Å². The van der Waals surface area contributed by atoms with Crippen molar-refractivity contribution in [1.82, 2.24) is 10.6 Å². The molecule has 0 saturated heterocycles. The topological polar surface area (TPSA) is 70.6 Å². The quantitative estimate of drug-likeness (QED) is 0.728. The molecule has 1 aliphatic carbocycles. The van der Waals surface area contributed by atoms with Crippen molar-refractivity contribution in [3.63, 3.8) is 0 Å². The van der Waals surface area contributed by atoms with Crippen molar-refractivity contribution in [2.45, 2.75) is 37.0 Å². The van der Waals surface area contributed by atoms with Gasteiger partial charge in [-0.2, -0.15) is 0 Å². The van der Waals surface area contributed by atoms with E-state index in [1.54, 1.807) is 0 Å². The number of guanidine groups is 1. The number of aliphatic imine (C=N–C) groups is 1. The fourth-order valence-electron chi connectivity index (χ4n) is 2.15. The summed E-state index contributed by atoms with van der Waals surface area (Å²) in [5.41, 5.74) is 0.